The van der Waals surface area contributed by atoms with Crippen LogP contribution in [0.2, 0.25) is 0 Å². The Morgan fingerprint density at radius 3 is 2.70 bits per heavy atom. The van der Waals surface area contributed by atoms with Gasteiger partial charge in [-0.05, 0) is 55.7 Å². The summed E-state index contributed by atoms with van der Waals surface area (Å²) in [5, 5.41) is 2.33. The highest BCUT2D eigenvalue weighted by molar-refractivity contribution is 6.05. The Bertz CT molecular complexity index is 990. The average molecular weight is 451 g/mol. The van der Waals surface area contributed by atoms with Crippen LogP contribution in [-0.2, 0) is 27.3 Å². The van der Waals surface area contributed by atoms with Gasteiger partial charge in [-0.3, -0.25) is 24.5 Å². The number of ketones is 1. The number of Topliss-reactive ketones (excluding diaryl/α,β-unsaturated/α-hetero) is 1. The Morgan fingerprint density at radius 2 is 1.97 bits per heavy atom. The van der Waals surface area contributed by atoms with Gasteiger partial charge in [-0.1, -0.05) is 49.8 Å². The molecule has 6 heteroatoms. The number of nitrogens with zero attached hydrogens (tertiary/aromatic N) is 1. The van der Waals surface area contributed by atoms with Crippen LogP contribution >= 0.6 is 0 Å². The second-order valence-electron chi connectivity index (χ2n) is 9.38. The van der Waals surface area contributed by atoms with E-state index in [4.69, 9.17) is 0 Å². The molecule has 0 aliphatic carbocycles. The summed E-state index contributed by atoms with van der Waals surface area (Å²) in [6, 6.07) is 5.05. The molecular weight excluding hydrogens is 416 g/mol. The fraction of sp³-hybridized carbons (Fsp3) is 0.481. The zero-order chi connectivity index (χ0) is 24.0. The average Bonchev–Trinajstić information content (AvgIpc) is 3.09. The topological polar surface area (TPSA) is 83.6 Å². The van der Waals surface area contributed by atoms with E-state index in [-0.39, 0.29) is 24.0 Å². The molecule has 1 unspecified atom stereocenters. The third-order valence-electron chi connectivity index (χ3n) is 6.26. The molecule has 1 aromatic rings. The van der Waals surface area contributed by atoms with Crippen molar-refractivity contribution >= 4 is 23.5 Å². The number of carbonyl (C=O) groups is 4. The molecule has 2 aliphatic rings. The number of benzene rings is 1. The summed E-state index contributed by atoms with van der Waals surface area (Å²) in [6.07, 6.45) is 10.2. The third kappa shape index (κ3) is 6.50. The van der Waals surface area contributed by atoms with Crippen molar-refractivity contribution in [2.24, 2.45) is 5.92 Å². The Kier molecular flexibility index (Phi) is 8.37. The molecular formula is C27H34N2O4. The number of nitrogens with one attached hydrogen (secondary N) is 1. The second kappa shape index (κ2) is 11.2. The molecule has 2 aliphatic heterocycles. The number of carbonyl (C=O) groups excluding carboxylic acids is 4. The molecule has 0 saturated carbocycles. The summed E-state index contributed by atoms with van der Waals surface area (Å²) < 4.78 is 0. The van der Waals surface area contributed by atoms with Gasteiger partial charge in [-0.15, -0.1) is 0 Å². The first-order chi connectivity index (χ1) is 15.8. The van der Waals surface area contributed by atoms with Crippen molar-refractivity contribution in [2.75, 3.05) is 0 Å². The van der Waals surface area contributed by atoms with Crippen molar-refractivity contribution in [1.29, 1.82) is 0 Å². The van der Waals surface area contributed by atoms with Crippen LogP contribution in [-0.4, -0.2) is 34.4 Å². The maximum Gasteiger partial charge on any atom is 0.255 e. The lowest BCUT2D eigenvalue weighted by Gasteiger charge is -2.29. The fourth-order valence-electron chi connectivity index (χ4n) is 4.35. The van der Waals surface area contributed by atoms with Gasteiger partial charge in [0.05, 0.1) is 0 Å². The molecule has 33 heavy (non-hydrogen) atoms. The molecule has 0 aromatic heterocycles. The van der Waals surface area contributed by atoms with Gasteiger partial charge in [0.25, 0.3) is 5.91 Å². The molecule has 2 heterocycles. The zero-order valence-electron chi connectivity index (χ0n) is 19.9. The molecule has 3 amide bonds. The van der Waals surface area contributed by atoms with Crippen molar-refractivity contribution in [2.45, 2.75) is 78.3 Å². The number of amides is 3. The highest BCUT2D eigenvalue weighted by atomic mass is 16.2. The standard InChI is InChI=1S/C27H34N2O4/c1-18(2)7-4-8-19(3)13-14-21(30)11-5-9-20-10-6-12-22-23(20)17-29(27(22)33)24-15-16-25(31)28-26(24)32/h4,6-8,10,12,18,24H,5,9,11,13-17H2,1-3H3,(H,28,31,32). The van der Waals surface area contributed by atoms with Crippen LogP contribution < -0.4 is 5.32 Å². The minimum Gasteiger partial charge on any atom is -0.322 e. The number of piperidine rings is 1. The number of allylic oxidation sites excluding steroid dienone is 4. The number of imide groups is 1. The van der Waals surface area contributed by atoms with E-state index in [0.717, 1.165) is 30.4 Å². The minimum atomic E-state index is -0.608. The first kappa shape index (κ1) is 24.6. The predicted molar refractivity (Wildman–Crippen MR) is 127 cm³/mol. The number of hydrogen-bond donors (Lipinski definition) is 1. The molecule has 176 valence electrons. The first-order valence-electron chi connectivity index (χ1n) is 11.9. The largest absolute Gasteiger partial charge is 0.322 e. The van der Waals surface area contributed by atoms with Gasteiger partial charge < -0.3 is 4.90 Å². The minimum absolute atomic E-state index is 0.161. The number of fused-ring (bicyclic) bond motifs is 1. The zero-order valence-corrected chi connectivity index (χ0v) is 19.9. The predicted octanol–water partition coefficient (Wildman–Crippen LogP) is 4.28. The fourth-order valence-corrected chi connectivity index (χ4v) is 4.35. The SMILES string of the molecule is CC(=CC=CC(C)C)CCC(=O)CCCc1cccc2c1CN(C1CCC(=O)NC1=O)C2=O. The van der Waals surface area contributed by atoms with Crippen LogP contribution in [0.4, 0.5) is 0 Å². The van der Waals surface area contributed by atoms with E-state index in [1.165, 1.54) is 5.57 Å². The highest BCUT2D eigenvalue weighted by Gasteiger charge is 2.39. The maximum atomic E-state index is 12.9. The van der Waals surface area contributed by atoms with Gasteiger partial charge >= 0.3 is 0 Å². The van der Waals surface area contributed by atoms with E-state index in [2.05, 4.69) is 44.3 Å². The summed E-state index contributed by atoms with van der Waals surface area (Å²) in [6.45, 7) is 6.69. The lowest BCUT2D eigenvalue weighted by molar-refractivity contribution is -0.137. The van der Waals surface area contributed by atoms with E-state index >= 15 is 0 Å². The maximum absolute atomic E-state index is 12.9. The van der Waals surface area contributed by atoms with E-state index in [0.29, 0.717) is 37.3 Å². The Morgan fingerprint density at radius 1 is 1.18 bits per heavy atom. The van der Waals surface area contributed by atoms with Crippen molar-refractivity contribution < 1.29 is 19.2 Å². The van der Waals surface area contributed by atoms with Crippen molar-refractivity contribution in [3.05, 3.63) is 58.7 Å². The smallest absolute Gasteiger partial charge is 0.255 e. The van der Waals surface area contributed by atoms with E-state index in [9.17, 15) is 19.2 Å². The quantitative estimate of drug-likeness (QED) is 0.426. The lowest BCUT2D eigenvalue weighted by Crippen LogP contribution is -2.52. The van der Waals surface area contributed by atoms with Crippen molar-refractivity contribution in [3.8, 4) is 0 Å². The van der Waals surface area contributed by atoms with Crippen LogP contribution in [0, 0.1) is 5.92 Å². The number of aryl methyl sites for hydroxylation is 1. The molecule has 1 saturated heterocycles. The van der Waals surface area contributed by atoms with Crippen molar-refractivity contribution in [3.63, 3.8) is 0 Å². The molecule has 0 bridgehead atoms. The van der Waals surface area contributed by atoms with Gasteiger partial charge in [-0.25, -0.2) is 0 Å². The van der Waals surface area contributed by atoms with E-state index < -0.39 is 11.9 Å². The lowest BCUT2D eigenvalue weighted by atomic mass is 9.97. The number of rotatable bonds is 10. The first-order valence-corrected chi connectivity index (χ1v) is 11.9. The normalized spacial score (nSPS) is 18.9. The van der Waals surface area contributed by atoms with Gasteiger partial charge in [0.1, 0.15) is 11.8 Å². The molecule has 3 rings (SSSR count). The summed E-state index contributed by atoms with van der Waals surface area (Å²) in [5.74, 6) is -0.0794. The Labute approximate surface area is 196 Å². The third-order valence-corrected chi connectivity index (χ3v) is 6.26. The molecule has 1 N–H and O–H groups in total. The summed E-state index contributed by atoms with van der Waals surface area (Å²) in [5.41, 5.74) is 3.82. The van der Waals surface area contributed by atoms with Crippen LogP contribution in [0.1, 0.15) is 80.8 Å². The summed E-state index contributed by atoms with van der Waals surface area (Å²) >= 11 is 0. The molecule has 1 aromatic carbocycles. The monoisotopic (exact) mass is 450 g/mol. The van der Waals surface area contributed by atoms with Crippen LogP contribution in [0.3, 0.4) is 0 Å². The van der Waals surface area contributed by atoms with E-state index in [1.54, 1.807) is 11.0 Å². The second-order valence-corrected chi connectivity index (χ2v) is 9.38. The molecule has 6 nitrogen and oxygen atoms in total. The van der Waals surface area contributed by atoms with Gasteiger partial charge in [-0.2, -0.15) is 0 Å². The summed E-state index contributed by atoms with van der Waals surface area (Å²) in [7, 11) is 0. The molecule has 0 radical (unpaired) electrons. The summed E-state index contributed by atoms with van der Waals surface area (Å²) in [4.78, 5) is 50.5. The Hall–Kier alpha value is -3.02. The van der Waals surface area contributed by atoms with Crippen LogP contribution in [0.5, 0.6) is 0 Å². The van der Waals surface area contributed by atoms with Crippen molar-refractivity contribution in [1.82, 2.24) is 10.2 Å². The number of hydrogen-bond acceptors (Lipinski definition) is 4. The van der Waals surface area contributed by atoms with Gasteiger partial charge in [0, 0.05) is 31.4 Å². The van der Waals surface area contributed by atoms with Crippen LogP contribution in [0.15, 0.2) is 42.0 Å². The van der Waals surface area contributed by atoms with Gasteiger partial charge in [0.15, 0.2) is 0 Å². The highest BCUT2D eigenvalue weighted by Crippen LogP contribution is 2.30. The van der Waals surface area contributed by atoms with E-state index in [1.807, 2.05) is 12.1 Å². The van der Waals surface area contributed by atoms with Gasteiger partial charge in [0.2, 0.25) is 11.8 Å². The molecule has 1 atom stereocenters. The Balaban J connectivity index is 1.52. The van der Waals surface area contributed by atoms with Crippen LogP contribution in [0.25, 0.3) is 0 Å². The molecule has 1 fully saturated rings. The molecule has 0 spiro atoms.